The van der Waals surface area contributed by atoms with Crippen molar-refractivity contribution in [2.45, 2.75) is 31.7 Å². The van der Waals surface area contributed by atoms with Gasteiger partial charge in [0.25, 0.3) is 0 Å². The molecule has 3 aromatic rings. The zero-order chi connectivity index (χ0) is 25.0. The van der Waals surface area contributed by atoms with E-state index < -0.39 is 0 Å². The molecule has 188 valence electrons. The van der Waals surface area contributed by atoms with Gasteiger partial charge < -0.3 is 29.0 Å². The third-order valence-electron chi connectivity index (χ3n) is 6.17. The maximum absolute atomic E-state index is 5.51. The second-order valence-electron chi connectivity index (χ2n) is 8.37. The summed E-state index contributed by atoms with van der Waals surface area (Å²) in [4.78, 5) is 0. The Morgan fingerprint density at radius 3 is 1.69 bits per heavy atom. The first-order valence-electron chi connectivity index (χ1n) is 11.9. The average molecular weight is 480 g/mol. The lowest BCUT2D eigenvalue weighted by atomic mass is 9.98. The molecule has 0 heterocycles. The van der Waals surface area contributed by atoms with E-state index in [1.165, 1.54) is 16.7 Å². The normalized spacial score (nSPS) is 11.6. The average Bonchev–Trinajstić information content (AvgIpc) is 2.91. The molecule has 6 nitrogen and oxygen atoms in total. The number of methoxy groups -OCH3 is 5. The summed E-state index contributed by atoms with van der Waals surface area (Å²) in [7, 11) is 8.34. The molecule has 0 aliphatic carbocycles. The van der Waals surface area contributed by atoms with Gasteiger partial charge in [-0.05, 0) is 85.3 Å². The lowest BCUT2D eigenvalue weighted by molar-refractivity contribution is 0.354. The van der Waals surface area contributed by atoms with Crippen LogP contribution in [0.15, 0.2) is 60.7 Å². The second-order valence-corrected chi connectivity index (χ2v) is 8.37. The fourth-order valence-electron chi connectivity index (χ4n) is 4.16. The highest BCUT2D eigenvalue weighted by Gasteiger charge is 2.13. The quantitative estimate of drug-likeness (QED) is 0.347. The fourth-order valence-corrected chi connectivity index (χ4v) is 4.16. The molecule has 0 amide bonds. The molecule has 0 aromatic heterocycles. The topological polar surface area (TPSA) is 58.2 Å². The zero-order valence-corrected chi connectivity index (χ0v) is 21.4. The Morgan fingerprint density at radius 1 is 0.571 bits per heavy atom. The highest BCUT2D eigenvalue weighted by atomic mass is 16.5. The van der Waals surface area contributed by atoms with Crippen LogP contribution in [0.4, 0.5) is 0 Å². The van der Waals surface area contributed by atoms with Crippen molar-refractivity contribution in [1.29, 1.82) is 0 Å². The Hall–Kier alpha value is -3.38. The lowest BCUT2D eigenvalue weighted by Crippen LogP contribution is -2.33. The monoisotopic (exact) mass is 479 g/mol. The van der Waals surface area contributed by atoms with Crippen LogP contribution in [0.1, 0.15) is 23.1 Å². The fraction of sp³-hybridized carbons (Fsp3) is 0.379. The Balaban J connectivity index is 1.67. The summed E-state index contributed by atoms with van der Waals surface area (Å²) >= 11 is 0. The van der Waals surface area contributed by atoms with Crippen LogP contribution in [0.3, 0.4) is 0 Å². The van der Waals surface area contributed by atoms with Crippen LogP contribution in [0.5, 0.6) is 28.7 Å². The summed E-state index contributed by atoms with van der Waals surface area (Å²) in [5.41, 5.74) is 3.71. The molecule has 3 aromatic carbocycles. The van der Waals surface area contributed by atoms with E-state index in [0.717, 1.165) is 61.0 Å². The number of hydrogen-bond donors (Lipinski definition) is 1. The molecule has 0 saturated carbocycles. The van der Waals surface area contributed by atoms with Gasteiger partial charge in [-0.25, -0.2) is 0 Å². The van der Waals surface area contributed by atoms with Gasteiger partial charge in [-0.15, -0.1) is 0 Å². The van der Waals surface area contributed by atoms with Crippen LogP contribution in [0.25, 0.3) is 0 Å². The third-order valence-corrected chi connectivity index (χ3v) is 6.17. The molecule has 0 aliphatic heterocycles. The van der Waals surface area contributed by atoms with Gasteiger partial charge in [0.05, 0.1) is 35.5 Å². The first kappa shape index (κ1) is 26.2. The Labute approximate surface area is 209 Å². The van der Waals surface area contributed by atoms with Gasteiger partial charge in [0.2, 0.25) is 0 Å². The van der Waals surface area contributed by atoms with E-state index in [0.29, 0.717) is 6.04 Å². The largest absolute Gasteiger partial charge is 0.497 e. The van der Waals surface area contributed by atoms with E-state index in [2.05, 4.69) is 35.6 Å². The van der Waals surface area contributed by atoms with Crippen molar-refractivity contribution in [3.63, 3.8) is 0 Å². The van der Waals surface area contributed by atoms with Gasteiger partial charge in [-0.2, -0.15) is 0 Å². The van der Waals surface area contributed by atoms with E-state index in [1.54, 1.807) is 35.5 Å². The molecule has 1 atom stereocenters. The molecule has 0 saturated heterocycles. The summed E-state index contributed by atoms with van der Waals surface area (Å²) in [5, 5.41) is 3.77. The van der Waals surface area contributed by atoms with E-state index >= 15 is 0 Å². The van der Waals surface area contributed by atoms with Crippen LogP contribution < -0.4 is 29.0 Å². The van der Waals surface area contributed by atoms with E-state index in [4.69, 9.17) is 23.7 Å². The molecular weight excluding hydrogens is 442 g/mol. The molecular formula is C29H37NO5. The molecule has 1 N–H and O–H groups in total. The molecule has 0 fully saturated rings. The molecule has 1 unspecified atom stereocenters. The van der Waals surface area contributed by atoms with Gasteiger partial charge in [-0.1, -0.05) is 24.3 Å². The summed E-state index contributed by atoms with van der Waals surface area (Å²) in [6.45, 7) is 0.857. The molecule has 3 rings (SSSR count). The summed E-state index contributed by atoms with van der Waals surface area (Å²) < 4.78 is 27.0. The maximum Gasteiger partial charge on any atom is 0.160 e. The van der Waals surface area contributed by atoms with Crippen molar-refractivity contribution in [2.24, 2.45) is 0 Å². The van der Waals surface area contributed by atoms with Crippen molar-refractivity contribution >= 4 is 0 Å². The van der Waals surface area contributed by atoms with Crippen LogP contribution in [0, 0.1) is 0 Å². The van der Waals surface area contributed by atoms with Gasteiger partial charge in [0.15, 0.2) is 23.0 Å². The predicted octanol–water partition coefficient (Wildman–Crippen LogP) is 5.11. The van der Waals surface area contributed by atoms with E-state index in [-0.39, 0.29) is 0 Å². The number of ether oxygens (including phenoxy) is 5. The van der Waals surface area contributed by atoms with Crippen LogP contribution in [-0.2, 0) is 19.3 Å². The van der Waals surface area contributed by atoms with Gasteiger partial charge in [-0.3, -0.25) is 0 Å². The minimum atomic E-state index is 0.301. The zero-order valence-electron chi connectivity index (χ0n) is 21.4. The first-order valence-corrected chi connectivity index (χ1v) is 11.9. The van der Waals surface area contributed by atoms with Crippen molar-refractivity contribution < 1.29 is 23.7 Å². The number of hydrogen-bond acceptors (Lipinski definition) is 6. The Kier molecular flexibility index (Phi) is 10.1. The van der Waals surface area contributed by atoms with Crippen LogP contribution >= 0.6 is 0 Å². The van der Waals surface area contributed by atoms with Crippen LogP contribution in [-0.4, -0.2) is 48.1 Å². The Bertz CT molecular complexity index is 1050. The molecule has 0 bridgehead atoms. The SMILES string of the molecule is COc1ccc(CCC(Cc2ccc(OC)c(OC)c2)NCCc2ccc(OC)c(OC)c2)cc1. The van der Waals surface area contributed by atoms with Gasteiger partial charge >= 0.3 is 0 Å². The molecule has 35 heavy (non-hydrogen) atoms. The van der Waals surface area contributed by atoms with E-state index in [1.807, 2.05) is 30.3 Å². The number of benzene rings is 3. The highest BCUT2D eigenvalue weighted by molar-refractivity contribution is 5.44. The van der Waals surface area contributed by atoms with Crippen LogP contribution in [0.2, 0.25) is 0 Å². The Morgan fingerprint density at radius 2 is 1.11 bits per heavy atom. The van der Waals surface area contributed by atoms with E-state index in [9.17, 15) is 0 Å². The highest BCUT2D eigenvalue weighted by Crippen LogP contribution is 2.29. The van der Waals surface area contributed by atoms with Crippen molar-refractivity contribution in [3.05, 3.63) is 77.4 Å². The molecule has 6 heteroatoms. The van der Waals surface area contributed by atoms with Crippen molar-refractivity contribution in [3.8, 4) is 28.7 Å². The minimum absolute atomic E-state index is 0.301. The van der Waals surface area contributed by atoms with Crippen molar-refractivity contribution in [2.75, 3.05) is 42.1 Å². The lowest BCUT2D eigenvalue weighted by Gasteiger charge is -2.20. The smallest absolute Gasteiger partial charge is 0.160 e. The maximum atomic E-state index is 5.51. The van der Waals surface area contributed by atoms with Crippen molar-refractivity contribution in [1.82, 2.24) is 5.32 Å². The summed E-state index contributed by atoms with van der Waals surface area (Å²) in [5.74, 6) is 3.88. The summed E-state index contributed by atoms with van der Waals surface area (Å²) in [6, 6.07) is 20.8. The van der Waals surface area contributed by atoms with Gasteiger partial charge in [0.1, 0.15) is 5.75 Å². The minimum Gasteiger partial charge on any atom is -0.497 e. The molecule has 0 spiro atoms. The number of aryl methyl sites for hydroxylation is 1. The number of rotatable bonds is 14. The first-order chi connectivity index (χ1) is 17.1. The van der Waals surface area contributed by atoms with Gasteiger partial charge in [0, 0.05) is 6.04 Å². The standard InChI is InChI=1S/C29H37NO5/c1-31-25-12-7-21(8-13-25)6-11-24(18-23-10-15-27(33-3)29(20-23)35-5)30-17-16-22-9-14-26(32-2)28(19-22)34-4/h7-10,12-15,19-20,24,30H,6,11,16-18H2,1-5H3. The summed E-state index contributed by atoms with van der Waals surface area (Å²) in [6.07, 6.45) is 3.77. The third kappa shape index (κ3) is 7.55. The molecule has 0 radical (unpaired) electrons. The predicted molar refractivity (Wildman–Crippen MR) is 140 cm³/mol. The second kappa shape index (κ2) is 13.5. The number of nitrogens with one attached hydrogen (secondary N) is 1. The molecule has 0 aliphatic rings.